The lowest BCUT2D eigenvalue weighted by atomic mass is 9.83. The number of hydrogen-bond acceptors (Lipinski definition) is 2. The summed E-state index contributed by atoms with van der Waals surface area (Å²) in [6.45, 7) is 0. The van der Waals surface area contributed by atoms with Crippen LogP contribution in [-0.4, -0.2) is 11.5 Å². The Balaban J connectivity index is 2.09. The SMILES string of the molecule is OC(c1cccc(OC(F)(F)F)c1)C1CCCCC1. The molecular weight excluding hydrogens is 257 g/mol. The zero-order valence-electron chi connectivity index (χ0n) is 10.5. The third-order valence-electron chi connectivity index (χ3n) is 3.53. The molecule has 0 radical (unpaired) electrons. The predicted octanol–water partition coefficient (Wildman–Crippen LogP) is 4.20. The van der Waals surface area contributed by atoms with E-state index in [0.29, 0.717) is 5.56 Å². The number of benzene rings is 1. The lowest BCUT2D eigenvalue weighted by molar-refractivity contribution is -0.274. The summed E-state index contributed by atoms with van der Waals surface area (Å²) < 4.78 is 40.3. The maximum Gasteiger partial charge on any atom is 0.573 e. The Morgan fingerprint density at radius 2 is 1.84 bits per heavy atom. The second kappa shape index (κ2) is 5.82. The minimum atomic E-state index is -4.70. The van der Waals surface area contributed by atoms with Gasteiger partial charge in [0.25, 0.3) is 0 Å². The smallest absolute Gasteiger partial charge is 0.406 e. The van der Waals surface area contributed by atoms with Gasteiger partial charge in [0.1, 0.15) is 5.75 Å². The van der Waals surface area contributed by atoms with Gasteiger partial charge in [0, 0.05) is 0 Å². The fraction of sp³-hybridized carbons (Fsp3) is 0.571. The van der Waals surface area contributed by atoms with E-state index >= 15 is 0 Å². The van der Waals surface area contributed by atoms with Crippen LogP contribution in [0.15, 0.2) is 24.3 Å². The van der Waals surface area contributed by atoms with E-state index in [4.69, 9.17) is 0 Å². The van der Waals surface area contributed by atoms with Crippen molar-refractivity contribution in [1.29, 1.82) is 0 Å². The summed E-state index contributed by atoms with van der Waals surface area (Å²) in [7, 11) is 0. The highest BCUT2D eigenvalue weighted by atomic mass is 19.4. The van der Waals surface area contributed by atoms with Crippen LogP contribution in [0.25, 0.3) is 0 Å². The maximum atomic E-state index is 12.1. The van der Waals surface area contributed by atoms with E-state index in [0.717, 1.165) is 25.7 Å². The molecule has 1 unspecified atom stereocenters. The highest BCUT2D eigenvalue weighted by Gasteiger charge is 2.31. The molecule has 0 bridgehead atoms. The number of rotatable bonds is 3. The Kier molecular flexibility index (Phi) is 4.34. The van der Waals surface area contributed by atoms with E-state index in [1.165, 1.54) is 24.6 Å². The van der Waals surface area contributed by atoms with Crippen molar-refractivity contribution in [3.63, 3.8) is 0 Å². The number of hydrogen-bond donors (Lipinski definition) is 1. The molecule has 2 rings (SSSR count). The van der Waals surface area contributed by atoms with Crippen molar-refractivity contribution >= 4 is 0 Å². The molecule has 1 aromatic carbocycles. The molecule has 0 heterocycles. The predicted molar refractivity (Wildman–Crippen MR) is 64.7 cm³/mol. The first kappa shape index (κ1) is 14.2. The molecule has 1 aliphatic carbocycles. The van der Waals surface area contributed by atoms with E-state index in [2.05, 4.69) is 4.74 Å². The zero-order chi connectivity index (χ0) is 13.9. The first-order valence-electron chi connectivity index (χ1n) is 6.49. The number of aliphatic hydroxyl groups is 1. The fourth-order valence-corrected chi connectivity index (χ4v) is 2.62. The van der Waals surface area contributed by atoms with Gasteiger partial charge in [0.05, 0.1) is 6.10 Å². The number of ether oxygens (including phenoxy) is 1. The van der Waals surface area contributed by atoms with Crippen molar-refractivity contribution in [2.45, 2.75) is 44.6 Å². The molecule has 1 aliphatic rings. The van der Waals surface area contributed by atoms with Crippen LogP contribution >= 0.6 is 0 Å². The largest absolute Gasteiger partial charge is 0.573 e. The standard InChI is InChI=1S/C14H17F3O2/c15-14(16,17)19-12-8-4-7-11(9-12)13(18)10-5-2-1-3-6-10/h4,7-10,13,18H,1-3,5-6H2. The van der Waals surface area contributed by atoms with Crippen LogP contribution in [0.5, 0.6) is 5.75 Å². The molecule has 0 spiro atoms. The molecule has 0 saturated heterocycles. The van der Waals surface area contributed by atoms with Gasteiger partial charge in [-0.25, -0.2) is 0 Å². The fourth-order valence-electron chi connectivity index (χ4n) is 2.62. The minimum Gasteiger partial charge on any atom is -0.406 e. The Morgan fingerprint density at radius 1 is 1.16 bits per heavy atom. The summed E-state index contributed by atoms with van der Waals surface area (Å²) in [6, 6.07) is 5.63. The minimum absolute atomic E-state index is 0.134. The highest BCUT2D eigenvalue weighted by molar-refractivity contribution is 5.30. The molecular formula is C14H17F3O2. The van der Waals surface area contributed by atoms with Gasteiger partial charge in [-0.3, -0.25) is 0 Å². The summed E-state index contributed by atoms with van der Waals surface area (Å²) in [4.78, 5) is 0. The molecule has 1 saturated carbocycles. The van der Waals surface area contributed by atoms with Crippen LogP contribution in [0.1, 0.15) is 43.8 Å². The zero-order valence-corrected chi connectivity index (χ0v) is 10.5. The molecule has 1 fully saturated rings. The third-order valence-corrected chi connectivity index (χ3v) is 3.53. The molecule has 1 N–H and O–H groups in total. The first-order valence-corrected chi connectivity index (χ1v) is 6.49. The Morgan fingerprint density at radius 3 is 2.47 bits per heavy atom. The average Bonchev–Trinajstić information content (AvgIpc) is 2.37. The Hall–Kier alpha value is -1.23. The van der Waals surface area contributed by atoms with Crippen LogP contribution in [0.2, 0.25) is 0 Å². The molecule has 0 amide bonds. The van der Waals surface area contributed by atoms with Crippen LogP contribution in [0.4, 0.5) is 13.2 Å². The lowest BCUT2D eigenvalue weighted by Gasteiger charge is -2.27. The maximum absolute atomic E-state index is 12.1. The van der Waals surface area contributed by atoms with E-state index in [9.17, 15) is 18.3 Å². The molecule has 1 atom stereocenters. The summed E-state index contributed by atoms with van der Waals surface area (Å²) in [5.74, 6) is -0.144. The summed E-state index contributed by atoms with van der Waals surface area (Å²) >= 11 is 0. The second-order valence-electron chi connectivity index (χ2n) is 4.96. The number of aliphatic hydroxyl groups excluding tert-OH is 1. The van der Waals surface area contributed by atoms with Crippen molar-refractivity contribution in [3.05, 3.63) is 29.8 Å². The average molecular weight is 274 g/mol. The molecule has 19 heavy (non-hydrogen) atoms. The molecule has 0 aliphatic heterocycles. The lowest BCUT2D eigenvalue weighted by Crippen LogP contribution is -2.18. The van der Waals surface area contributed by atoms with Gasteiger partial charge >= 0.3 is 6.36 Å². The summed E-state index contributed by atoms with van der Waals surface area (Å²) in [5.41, 5.74) is 0.494. The van der Waals surface area contributed by atoms with Gasteiger partial charge in [-0.1, -0.05) is 31.4 Å². The van der Waals surface area contributed by atoms with Crippen molar-refractivity contribution in [2.24, 2.45) is 5.92 Å². The normalized spacial score (nSPS) is 19.2. The van der Waals surface area contributed by atoms with Gasteiger partial charge in [-0.15, -0.1) is 13.2 Å². The van der Waals surface area contributed by atoms with E-state index < -0.39 is 12.5 Å². The van der Waals surface area contributed by atoms with Crippen molar-refractivity contribution in [1.82, 2.24) is 0 Å². The van der Waals surface area contributed by atoms with Crippen molar-refractivity contribution in [3.8, 4) is 5.75 Å². The molecule has 1 aromatic rings. The van der Waals surface area contributed by atoms with E-state index in [-0.39, 0.29) is 11.7 Å². The summed E-state index contributed by atoms with van der Waals surface area (Å²) in [6.07, 6.45) is -0.260. The van der Waals surface area contributed by atoms with E-state index in [1.807, 2.05) is 0 Å². The molecule has 0 aromatic heterocycles. The molecule has 5 heteroatoms. The van der Waals surface area contributed by atoms with Crippen LogP contribution in [0, 0.1) is 5.92 Å². The van der Waals surface area contributed by atoms with Gasteiger partial charge < -0.3 is 9.84 Å². The van der Waals surface area contributed by atoms with Gasteiger partial charge in [0.2, 0.25) is 0 Å². The van der Waals surface area contributed by atoms with Crippen molar-refractivity contribution < 1.29 is 23.0 Å². The van der Waals surface area contributed by atoms with Crippen molar-refractivity contribution in [2.75, 3.05) is 0 Å². The van der Waals surface area contributed by atoms with Crippen LogP contribution in [-0.2, 0) is 0 Å². The topological polar surface area (TPSA) is 29.5 Å². The molecule has 106 valence electrons. The van der Waals surface area contributed by atoms with Gasteiger partial charge in [-0.2, -0.15) is 0 Å². The highest BCUT2D eigenvalue weighted by Crippen LogP contribution is 2.35. The van der Waals surface area contributed by atoms with Gasteiger partial charge in [-0.05, 0) is 36.5 Å². The second-order valence-corrected chi connectivity index (χ2v) is 4.96. The monoisotopic (exact) mass is 274 g/mol. The first-order chi connectivity index (χ1) is 8.96. The number of alkyl halides is 3. The van der Waals surface area contributed by atoms with Gasteiger partial charge in [0.15, 0.2) is 0 Å². The molecule has 2 nitrogen and oxygen atoms in total. The Labute approximate surface area is 110 Å². The van der Waals surface area contributed by atoms with Crippen LogP contribution < -0.4 is 4.74 Å². The van der Waals surface area contributed by atoms with E-state index in [1.54, 1.807) is 6.07 Å². The third kappa shape index (κ3) is 4.13. The Bertz CT molecular complexity index is 411. The van der Waals surface area contributed by atoms with Crippen LogP contribution in [0.3, 0.4) is 0 Å². The number of halogens is 3. The summed E-state index contributed by atoms with van der Waals surface area (Å²) in [5, 5.41) is 10.2. The quantitative estimate of drug-likeness (QED) is 0.895.